The maximum atomic E-state index is 5.27. The summed E-state index contributed by atoms with van der Waals surface area (Å²) in [6.45, 7) is 6.30. The van der Waals surface area contributed by atoms with Crippen LogP contribution < -0.4 is 5.32 Å². The van der Waals surface area contributed by atoms with Crippen LogP contribution in [0.15, 0.2) is 59.5 Å². The van der Waals surface area contributed by atoms with Crippen LogP contribution in [0.2, 0.25) is 0 Å². The van der Waals surface area contributed by atoms with E-state index in [1.54, 1.807) is 12.5 Å². The minimum absolute atomic E-state index is 0.890. The van der Waals surface area contributed by atoms with Crippen molar-refractivity contribution < 1.29 is 4.42 Å². The Morgan fingerprint density at radius 3 is 2.42 bits per heavy atom. The van der Waals surface area contributed by atoms with Crippen molar-refractivity contribution in [2.75, 3.05) is 5.32 Å². The molecule has 0 saturated carbocycles. The van der Waals surface area contributed by atoms with Gasteiger partial charge < -0.3 is 9.73 Å². The summed E-state index contributed by atoms with van der Waals surface area (Å²) in [5, 5.41) is 3.61. The molecule has 3 aromatic heterocycles. The second kappa shape index (κ2) is 5.57. The summed E-state index contributed by atoms with van der Waals surface area (Å²) in [7, 11) is 0. The summed E-state index contributed by atoms with van der Waals surface area (Å²) in [6.07, 6.45) is 5.44. The first-order valence-electron chi connectivity index (χ1n) is 7.98. The third-order valence-electron chi connectivity index (χ3n) is 4.36. The van der Waals surface area contributed by atoms with E-state index in [4.69, 9.17) is 9.40 Å². The summed E-state index contributed by atoms with van der Waals surface area (Å²) in [5.74, 6) is 0.951. The largest absolute Gasteiger partial charge is 0.472 e. The van der Waals surface area contributed by atoms with Gasteiger partial charge in [-0.15, -0.1) is 0 Å². The van der Waals surface area contributed by atoms with Crippen molar-refractivity contribution in [2.24, 2.45) is 0 Å². The van der Waals surface area contributed by atoms with Crippen LogP contribution in [0.5, 0.6) is 0 Å². The van der Waals surface area contributed by atoms with Gasteiger partial charge in [-0.05, 0) is 49.6 Å². The number of aryl methyl sites for hydroxylation is 3. The van der Waals surface area contributed by atoms with Crippen molar-refractivity contribution in [3.8, 4) is 11.3 Å². The number of furan rings is 1. The van der Waals surface area contributed by atoms with Crippen LogP contribution in [-0.4, -0.2) is 9.38 Å². The van der Waals surface area contributed by atoms with E-state index in [0.717, 1.165) is 34.0 Å². The first-order valence-corrected chi connectivity index (χ1v) is 7.98. The molecule has 0 saturated heterocycles. The Balaban J connectivity index is 1.96. The molecule has 1 N–H and O–H groups in total. The molecule has 4 heteroatoms. The Morgan fingerprint density at radius 2 is 1.71 bits per heavy atom. The van der Waals surface area contributed by atoms with Crippen LogP contribution in [0.1, 0.15) is 16.7 Å². The topological polar surface area (TPSA) is 42.5 Å². The molecule has 0 aliphatic carbocycles. The second-order valence-corrected chi connectivity index (χ2v) is 6.10. The summed E-state index contributed by atoms with van der Waals surface area (Å²) in [5.41, 5.74) is 7.46. The zero-order valence-corrected chi connectivity index (χ0v) is 14.0. The molecule has 0 bridgehead atoms. The summed E-state index contributed by atoms with van der Waals surface area (Å²) >= 11 is 0. The molecule has 1 aromatic carbocycles. The van der Waals surface area contributed by atoms with Crippen molar-refractivity contribution in [2.45, 2.75) is 20.8 Å². The van der Waals surface area contributed by atoms with E-state index < -0.39 is 0 Å². The predicted octanol–water partition coefficient (Wildman–Crippen LogP) is 5.26. The Hall–Kier alpha value is -3.01. The normalized spacial score (nSPS) is 11.1. The average molecular weight is 317 g/mol. The fourth-order valence-corrected chi connectivity index (χ4v) is 3.05. The highest BCUT2D eigenvalue weighted by atomic mass is 16.3. The van der Waals surface area contributed by atoms with E-state index in [-0.39, 0.29) is 0 Å². The van der Waals surface area contributed by atoms with E-state index >= 15 is 0 Å². The number of rotatable bonds is 3. The highest BCUT2D eigenvalue weighted by molar-refractivity contribution is 5.81. The van der Waals surface area contributed by atoms with E-state index in [2.05, 4.69) is 54.8 Å². The second-order valence-electron chi connectivity index (χ2n) is 6.10. The molecule has 3 heterocycles. The Bertz CT molecular complexity index is 993. The van der Waals surface area contributed by atoms with Crippen molar-refractivity contribution in [3.05, 3.63) is 71.8 Å². The van der Waals surface area contributed by atoms with E-state index in [1.807, 2.05) is 18.3 Å². The Kier molecular flexibility index (Phi) is 3.38. The molecule has 0 aliphatic rings. The van der Waals surface area contributed by atoms with Gasteiger partial charge in [-0.2, -0.15) is 0 Å². The molecule has 24 heavy (non-hydrogen) atoms. The lowest BCUT2D eigenvalue weighted by Crippen LogP contribution is -2.00. The SMILES string of the molecule is Cc1cccc(C)c1Nc1c(-c2ccoc2)nc2c(C)cccn12. The molecule has 0 spiro atoms. The third kappa shape index (κ3) is 2.27. The number of benzene rings is 1. The molecule has 120 valence electrons. The minimum Gasteiger partial charge on any atom is -0.472 e. The number of imidazole rings is 1. The van der Waals surface area contributed by atoms with Crippen LogP contribution in [0.3, 0.4) is 0 Å². The molecule has 0 unspecified atom stereocenters. The number of aromatic nitrogens is 2. The predicted molar refractivity (Wildman–Crippen MR) is 96.8 cm³/mol. The van der Waals surface area contributed by atoms with Gasteiger partial charge in [-0.25, -0.2) is 4.98 Å². The maximum absolute atomic E-state index is 5.27. The minimum atomic E-state index is 0.890. The molecule has 0 radical (unpaired) electrons. The van der Waals surface area contributed by atoms with Crippen molar-refractivity contribution in [3.63, 3.8) is 0 Å². The molecule has 0 atom stereocenters. The maximum Gasteiger partial charge on any atom is 0.143 e. The third-order valence-corrected chi connectivity index (χ3v) is 4.36. The lowest BCUT2D eigenvalue weighted by molar-refractivity contribution is 0.568. The van der Waals surface area contributed by atoms with Gasteiger partial charge in [0.15, 0.2) is 0 Å². The van der Waals surface area contributed by atoms with Crippen molar-refractivity contribution in [1.29, 1.82) is 0 Å². The van der Waals surface area contributed by atoms with Gasteiger partial charge in [0.1, 0.15) is 17.2 Å². The lowest BCUT2D eigenvalue weighted by atomic mass is 10.1. The van der Waals surface area contributed by atoms with Gasteiger partial charge in [0.05, 0.1) is 12.5 Å². The Morgan fingerprint density at radius 1 is 0.958 bits per heavy atom. The van der Waals surface area contributed by atoms with Gasteiger partial charge in [-0.1, -0.05) is 24.3 Å². The highest BCUT2D eigenvalue weighted by Gasteiger charge is 2.17. The number of pyridine rings is 1. The molecular formula is C20H19N3O. The number of hydrogen-bond acceptors (Lipinski definition) is 3. The zero-order valence-electron chi connectivity index (χ0n) is 14.0. The zero-order chi connectivity index (χ0) is 16.7. The highest BCUT2D eigenvalue weighted by Crippen LogP contribution is 2.34. The van der Waals surface area contributed by atoms with Gasteiger partial charge in [0.2, 0.25) is 0 Å². The fraction of sp³-hybridized carbons (Fsp3) is 0.150. The number of nitrogens with zero attached hydrogens (tertiary/aromatic N) is 2. The van der Waals surface area contributed by atoms with E-state index in [1.165, 1.54) is 11.1 Å². The fourth-order valence-electron chi connectivity index (χ4n) is 3.05. The molecular weight excluding hydrogens is 298 g/mol. The number of nitrogens with one attached hydrogen (secondary N) is 1. The molecule has 0 aliphatic heterocycles. The summed E-state index contributed by atoms with van der Waals surface area (Å²) in [4.78, 5) is 4.85. The van der Waals surface area contributed by atoms with Gasteiger partial charge >= 0.3 is 0 Å². The van der Waals surface area contributed by atoms with Crippen LogP contribution in [-0.2, 0) is 0 Å². The average Bonchev–Trinajstić information content (AvgIpc) is 3.19. The molecule has 4 aromatic rings. The monoisotopic (exact) mass is 317 g/mol. The summed E-state index contributed by atoms with van der Waals surface area (Å²) in [6, 6.07) is 12.4. The smallest absolute Gasteiger partial charge is 0.143 e. The van der Waals surface area contributed by atoms with Gasteiger partial charge in [0, 0.05) is 17.4 Å². The standard InChI is InChI=1S/C20H19N3O/c1-13-6-4-7-14(2)17(13)21-20-18(16-9-11-24-12-16)22-19-15(3)8-5-10-23(19)20/h4-12,21H,1-3H3. The van der Waals surface area contributed by atoms with E-state index in [0.29, 0.717) is 0 Å². The van der Waals surface area contributed by atoms with Gasteiger partial charge in [-0.3, -0.25) is 4.40 Å². The van der Waals surface area contributed by atoms with Crippen LogP contribution >= 0.6 is 0 Å². The van der Waals surface area contributed by atoms with Gasteiger partial charge in [0.25, 0.3) is 0 Å². The number of anilines is 2. The number of para-hydroxylation sites is 1. The summed E-state index contributed by atoms with van der Waals surface area (Å²) < 4.78 is 7.37. The lowest BCUT2D eigenvalue weighted by Gasteiger charge is -2.13. The van der Waals surface area contributed by atoms with Crippen molar-refractivity contribution >= 4 is 17.2 Å². The molecule has 0 amide bonds. The Labute approximate surface area is 140 Å². The first-order chi connectivity index (χ1) is 11.6. The number of hydrogen-bond donors (Lipinski definition) is 1. The number of fused-ring (bicyclic) bond motifs is 1. The van der Waals surface area contributed by atoms with Crippen LogP contribution in [0.25, 0.3) is 16.9 Å². The van der Waals surface area contributed by atoms with E-state index in [9.17, 15) is 0 Å². The molecule has 4 rings (SSSR count). The molecule has 4 nitrogen and oxygen atoms in total. The van der Waals surface area contributed by atoms with Crippen molar-refractivity contribution in [1.82, 2.24) is 9.38 Å². The van der Waals surface area contributed by atoms with Crippen LogP contribution in [0.4, 0.5) is 11.5 Å². The first kappa shape index (κ1) is 14.6. The van der Waals surface area contributed by atoms with Crippen LogP contribution in [0, 0.1) is 20.8 Å². The molecule has 0 fully saturated rings. The quantitative estimate of drug-likeness (QED) is 0.560.